The lowest BCUT2D eigenvalue weighted by Gasteiger charge is -2.16. The Morgan fingerprint density at radius 3 is 2.38 bits per heavy atom. The van der Waals surface area contributed by atoms with Gasteiger partial charge in [-0.2, -0.15) is 0 Å². The Bertz CT molecular complexity index is 348. The lowest BCUT2D eigenvalue weighted by molar-refractivity contribution is 0.266. The Morgan fingerprint density at radius 1 is 1.38 bits per heavy atom. The Kier molecular flexibility index (Phi) is 4.56. The predicted molar refractivity (Wildman–Crippen MR) is 69.0 cm³/mol. The minimum Gasteiger partial charge on any atom is -0.486 e. The van der Waals surface area contributed by atoms with E-state index in [-0.39, 0.29) is 6.10 Å². The number of ether oxygens (including phenoxy) is 1. The summed E-state index contributed by atoms with van der Waals surface area (Å²) in [6.45, 7) is 10.5. The minimum atomic E-state index is 0.0396. The van der Waals surface area contributed by atoms with Gasteiger partial charge < -0.3 is 10.5 Å². The van der Waals surface area contributed by atoms with Gasteiger partial charge >= 0.3 is 0 Å². The summed E-state index contributed by atoms with van der Waals surface area (Å²) in [6, 6.07) is 4.29. The third-order valence-corrected chi connectivity index (χ3v) is 2.59. The molecular formula is C14H21NO. The zero-order chi connectivity index (χ0) is 12.1. The van der Waals surface area contributed by atoms with Crippen molar-refractivity contribution in [2.45, 2.75) is 33.3 Å². The molecule has 0 saturated heterocycles. The van der Waals surface area contributed by atoms with Crippen LogP contribution in [0.4, 0.5) is 0 Å². The van der Waals surface area contributed by atoms with Crippen LogP contribution >= 0.6 is 0 Å². The number of aryl methyl sites for hydroxylation is 2. The molecule has 0 spiro atoms. The average molecular weight is 219 g/mol. The van der Waals surface area contributed by atoms with Gasteiger partial charge in [-0.15, -0.1) is 0 Å². The molecule has 1 aromatic carbocycles. The smallest absolute Gasteiger partial charge is 0.126 e. The van der Waals surface area contributed by atoms with Crippen LogP contribution in [-0.2, 0) is 6.42 Å². The molecule has 0 radical (unpaired) electrons. The maximum Gasteiger partial charge on any atom is 0.126 e. The summed E-state index contributed by atoms with van der Waals surface area (Å²) in [7, 11) is 0. The molecule has 2 heteroatoms. The van der Waals surface area contributed by atoms with E-state index in [0.717, 1.165) is 23.3 Å². The number of benzene rings is 1. The van der Waals surface area contributed by atoms with Crippen molar-refractivity contribution in [3.8, 4) is 5.75 Å². The highest BCUT2D eigenvalue weighted by molar-refractivity contribution is 5.43. The molecule has 2 N–H and O–H groups in total. The molecule has 0 amide bonds. The summed E-state index contributed by atoms with van der Waals surface area (Å²) in [6.07, 6.45) is 2.75. The molecule has 0 fully saturated rings. The van der Waals surface area contributed by atoms with E-state index in [1.54, 1.807) is 6.08 Å². The van der Waals surface area contributed by atoms with Gasteiger partial charge in [0.1, 0.15) is 11.9 Å². The van der Waals surface area contributed by atoms with Crippen molar-refractivity contribution in [1.82, 2.24) is 0 Å². The number of hydrogen-bond donors (Lipinski definition) is 1. The highest BCUT2D eigenvalue weighted by Gasteiger charge is 2.08. The van der Waals surface area contributed by atoms with E-state index in [2.05, 4.69) is 32.6 Å². The van der Waals surface area contributed by atoms with Crippen molar-refractivity contribution < 1.29 is 4.74 Å². The van der Waals surface area contributed by atoms with E-state index in [1.807, 2.05) is 6.92 Å². The molecule has 1 unspecified atom stereocenters. The molecule has 0 aliphatic carbocycles. The van der Waals surface area contributed by atoms with Crippen LogP contribution < -0.4 is 10.5 Å². The summed E-state index contributed by atoms with van der Waals surface area (Å²) >= 11 is 0. The van der Waals surface area contributed by atoms with Gasteiger partial charge in [0.2, 0.25) is 0 Å². The van der Waals surface area contributed by atoms with Gasteiger partial charge in [-0.05, 0) is 50.4 Å². The monoisotopic (exact) mass is 219 g/mol. The first-order chi connectivity index (χ1) is 7.58. The normalized spacial score (nSPS) is 12.2. The zero-order valence-electron chi connectivity index (χ0n) is 10.4. The Hall–Kier alpha value is -1.28. The first-order valence-corrected chi connectivity index (χ1v) is 5.68. The largest absolute Gasteiger partial charge is 0.486 e. The van der Waals surface area contributed by atoms with E-state index in [1.165, 1.54) is 5.56 Å². The maximum absolute atomic E-state index is 5.81. The minimum absolute atomic E-state index is 0.0396. The fourth-order valence-electron chi connectivity index (χ4n) is 1.77. The number of nitrogens with two attached hydrogens (primary N) is 1. The fourth-order valence-corrected chi connectivity index (χ4v) is 1.77. The summed E-state index contributed by atoms with van der Waals surface area (Å²) in [5, 5.41) is 0. The van der Waals surface area contributed by atoms with Crippen LogP contribution in [0.2, 0.25) is 0 Å². The van der Waals surface area contributed by atoms with Crippen LogP contribution in [0.25, 0.3) is 0 Å². The maximum atomic E-state index is 5.81. The van der Waals surface area contributed by atoms with Gasteiger partial charge in [0.15, 0.2) is 0 Å². The van der Waals surface area contributed by atoms with Crippen LogP contribution in [0.5, 0.6) is 5.75 Å². The van der Waals surface area contributed by atoms with Crippen molar-refractivity contribution in [1.29, 1.82) is 0 Å². The molecule has 88 valence electrons. The van der Waals surface area contributed by atoms with Crippen molar-refractivity contribution in [2.24, 2.45) is 5.73 Å². The van der Waals surface area contributed by atoms with Gasteiger partial charge in [-0.1, -0.05) is 24.8 Å². The van der Waals surface area contributed by atoms with Crippen molar-refractivity contribution in [3.63, 3.8) is 0 Å². The Labute approximate surface area is 98.1 Å². The Morgan fingerprint density at radius 2 is 1.94 bits per heavy atom. The van der Waals surface area contributed by atoms with Gasteiger partial charge in [0.25, 0.3) is 0 Å². The molecule has 0 aromatic heterocycles. The zero-order valence-corrected chi connectivity index (χ0v) is 10.4. The topological polar surface area (TPSA) is 35.2 Å². The van der Waals surface area contributed by atoms with Gasteiger partial charge in [-0.3, -0.25) is 0 Å². The van der Waals surface area contributed by atoms with E-state index in [9.17, 15) is 0 Å². The molecule has 1 aromatic rings. The standard InChI is InChI=1S/C14H21NO/c1-5-12(4)16-14-10(2)8-13(6-7-15)9-11(14)3/h5,8-9,12H,1,6-7,15H2,2-4H3. The Balaban J connectivity index is 2.97. The molecule has 2 nitrogen and oxygen atoms in total. The SMILES string of the molecule is C=CC(C)Oc1c(C)cc(CCN)cc1C. The summed E-state index contributed by atoms with van der Waals surface area (Å²) in [5.41, 5.74) is 9.16. The van der Waals surface area contributed by atoms with Crippen molar-refractivity contribution in [2.75, 3.05) is 6.54 Å². The second-order valence-electron chi connectivity index (χ2n) is 4.16. The third-order valence-electron chi connectivity index (χ3n) is 2.59. The second-order valence-corrected chi connectivity index (χ2v) is 4.16. The summed E-state index contributed by atoms with van der Waals surface area (Å²) < 4.78 is 5.81. The van der Waals surface area contributed by atoms with E-state index < -0.39 is 0 Å². The summed E-state index contributed by atoms with van der Waals surface area (Å²) in [5.74, 6) is 0.966. The first kappa shape index (κ1) is 12.8. The van der Waals surface area contributed by atoms with Gasteiger partial charge in [0.05, 0.1) is 0 Å². The molecule has 16 heavy (non-hydrogen) atoms. The molecule has 0 bridgehead atoms. The first-order valence-electron chi connectivity index (χ1n) is 5.68. The number of rotatable bonds is 5. The molecular weight excluding hydrogens is 198 g/mol. The molecule has 0 aliphatic rings. The van der Waals surface area contributed by atoms with Crippen LogP contribution in [-0.4, -0.2) is 12.6 Å². The summed E-state index contributed by atoms with van der Waals surface area (Å²) in [4.78, 5) is 0. The van der Waals surface area contributed by atoms with Crippen LogP contribution in [0.3, 0.4) is 0 Å². The molecule has 1 rings (SSSR count). The van der Waals surface area contributed by atoms with Crippen molar-refractivity contribution in [3.05, 3.63) is 41.5 Å². The van der Waals surface area contributed by atoms with E-state index in [0.29, 0.717) is 6.54 Å². The van der Waals surface area contributed by atoms with Gasteiger partial charge in [0, 0.05) is 0 Å². The number of hydrogen-bond acceptors (Lipinski definition) is 2. The quantitative estimate of drug-likeness (QED) is 0.773. The average Bonchev–Trinajstić information content (AvgIpc) is 2.23. The third kappa shape index (κ3) is 3.11. The second kappa shape index (κ2) is 5.71. The molecule has 0 aliphatic heterocycles. The highest BCUT2D eigenvalue weighted by atomic mass is 16.5. The lowest BCUT2D eigenvalue weighted by atomic mass is 10.0. The lowest BCUT2D eigenvalue weighted by Crippen LogP contribution is -2.10. The fraction of sp³-hybridized carbons (Fsp3) is 0.429. The van der Waals surface area contributed by atoms with Crippen LogP contribution in [0.15, 0.2) is 24.8 Å². The highest BCUT2D eigenvalue weighted by Crippen LogP contribution is 2.26. The molecule has 1 atom stereocenters. The molecule has 0 saturated carbocycles. The van der Waals surface area contributed by atoms with Crippen LogP contribution in [0.1, 0.15) is 23.6 Å². The predicted octanol–water partition coefficient (Wildman–Crippen LogP) is 2.76. The van der Waals surface area contributed by atoms with Crippen molar-refractivity contribution >= 4 is 0 Å². The molecule has 0 heterocycles. The van der Waals surface area contributed by atoms with E-state index in [4.69, 9.17) is 10.5 Å². The van der Waals surface area contributed by atoms with E-state index >= 15 is 0 Å². The van der Waals surface area contributed by atoms with Crippen LogP contribution in [0, 0.1) is 13.8 Å². The van der Waals surface area contributed by atoms with Gasteiger partial charge in [-0.25, -0.2) is 0 Å².